The van der Waals surface area contributed by atoms with Crippen LogP contribution in [0, 0.1) is 0 Å². The van der Waals surface area contributed by atoms with Crippen LogP contribution in [-0.2, 0) is 54.5 Å². The number of halogens is 2. The number of hydrogen-bond acceptors (Lipinski definition) is 16. The van der Waals surface area contributed by atoms with Crippen molar-refractivity contribution in [3.05, 3.63) is 105 Å². The van der Waals surface area contributed by atoms with Crippen molar-refractivity contribution in [2.24, 2.45) is 0 Å². The molecule has 21 heteroatoms. The number of imide groups is 2. The minimum atomic E-state index is -1.32. The number of anilines is 4. The van der Waals surface area contributed by atoms with Gasteiger partial charge in [-0.15, -0.1) is 0 Å². The molecule has 0 aliphatic carbocycles. The molecule has 4 aliphatic heterocycles. The third-order valence-electron chi connectivity index (χ3n) is 13.2. The molecule has 0 bridgehead atoms. The maximum absolute atomic E-state index is 12.4. The fourth-order valence-electron chi connectivity index (χ4n) is 9.47. The summed E-state index contributed by atoms with van der Waals surface area (Å²) in [5.74, 6) is -2.33. The van der Waals surface area contributed by atoms with Crippen LogP contribution >= 0.6 is 46.3 Å². The number of carbonyl (C=O) groups is 6. The molecular formula is C50H48CaCl2N8O8S2. The van der Waals surface area contributed by atoms with Gasteiger partial charge in [-0.05, 0) is 107 Å². The van der Waals surface area contributed by atoms with Crippen LogP contribution in [0.2, 0.25) is 10.0 Å². The molecule has 0 N–H and O–H groups in total. The number of hydrogen-bond donors (Lipinski definition) is 0. The molecule has 364 valence electrons. The Bertz CT molecular complexity index is 2810. The smallest absolute Gasteiger partial charge is 0.550 e. The van der Waals surface area contributed by atoms with Gasteiger partial charge in [0.05, 0.1) is 33.6 Å². The normalized spacial score (nSPS) is 16.0. The average Bonchev–Trinajstić information content (AvgIpc) is 4.14. The topological polar surface area (TPSA) is 194 Å². The predicted octanol–water partition coefficient (Wildman–Crippen LogP) is 4.14. The molecule has 0 saturated carbocycles. The maximum atomic E-state index is 12.4. The molecule has 2 fully saturated rings. The summed E-state index contributed by atoms with van der Waals surface area (Å²) in [4.78, 5) is 82.6. The van der Waals surface area contributed by atoms with Gasteiger partial charge in [0.25, 0.3) is 0 Å². The van der Waals surface area contributed by atoms with Crippen LogP contribution in [0.5, 0.6) is 0 Å². The van der Waals surface area contributed by atoms with E-state index in [9.17, 15) is 39.0 Å². The Balaban J connectivity index is 0.000000188. The van der Waals surface area contributed by atoms with Crippen LogP contribution in [0.4, 0.5) is 23.0 Å². The van der Waals surface area contributed by atoms with Crippen LogP contribution in [0.1, 0.15) is 47.9 Å². The number of rotatable bonds is 14. The maximum Gasteiger partial charge on any atom is 2.00 e. The first-order chi connectivity index (χ1) is 33.8. The zero-order valence-corrected chi connectivity index (χ0v) is 44.1. The molecule has 2 saturated heterocycles. The fraction of sp³-hybridized carbons (Fsp3) is 0.360. The molecule has 6 aromatic rings. The van der Waals surface area contributed by atoms with E-state index in [1.165, 1.54) is 43.2 Å². The summed E-state index contributed by atoms with van der Waals surface area (Å²) >= 11 is 16.1. The van der Waals surface area contributed by atoms with Crippen molar-refractivity contribution < 1.29 is 39.0 Å². The number of nitrogens with zero attached hydrogens (tertiary/aromatic N) is 8. The van der Waals surface area contributed by atoms with Crippen LogP contribution in [-0.4, -0.2) is 157 Å². The summed E-state index contributed by atoms with van der Waals surface area (Å²) in [7, 11) is 0. The van der Waals surface area contributed by atoms with Crippen molar-refractivity contribution in [2.75, 3.05) is 85.0 Å². The first-order valence-electron chi connectivity index (χ1n) is 23.2. The van der Waals surface area contributed by atoms with E-state index >= 15 is 0 Å². The number of carboxylic acids is 2. The molecule has 71 heavy (non-hydrogen) atoms. The Labute approximate surface area is 458 Å². The zero-order chi connectivity index (χ0) is 49.1. The van der Waals surface area contributed by atoms with E-state index in [1.54, 1.807) is 12.1 Å². The molecule has 6 heterocycles. The summed E-state index contributed by atoms with van der Waals surface area (Å²) < 4.78 is 11.7. The van der Waals surface area contributed by atoms with Crippen molar-refractivity contribution in [1.29, 1.82) is 0 Å². The van der Waals surface area contributed by atoms with Gasteiger partial charge in [-0.25, -0.2) is 9.80 Å². The Kier molecular flexibility index (Phi) is 17.3. The van der Waals surface area contributed by atoms with Gasteiger partial charge in [0.15, 0.2) is 0 Å². The van der Waals surface area contributed by atoms with Crippen LogP contribution in [0.3, 0.4) is 0 Å². The number of amides is 4. The van der Waals surface area contributed by atoms with Crippen LogP contribution < -0.4 is 29.8 Å². The summed E-state index contributed by atoms with van der Waals surface area (Å²) in [5, 5.41) is 24.8. The number of carbonyl (C=O) groups excluding carboxylic acids is 6. The van der Waals surface area contributed by atoms with Gasteiger partial charge in [-0.2, -0.15) is 8.75 Å². The van der Waals surface area contributed by atoms with Gasteiger partial charge >= 0.3 is 37.7 Å². The first kappa shape index (κ1) is 52.6. The SMILES string of the molecule is O=C([O-])CCC(=O)N1C(=O)Cc2cc(CCN3CCN(c4nsc5ccccc45)CC3)c(Cl)cc21.O=C([O-])CCC(=O)N1C(=O)Cc2cc(CCN3CCN(c4nsc5ccccc45)CC3)c(Cl)cc21.[Ca+2]. The van der Waals surface area contributed by atoms with Gasteiger partial charge in [-0.1, -0.05) is 59.6 Å². The Morgan fingerprint density at radius 2 is 0.930 bits per heavy atom. The second kappa shape index (κ2) is 23.4. The number of aliphatic carboxylic acids is 2. The molecule has 4 aliphatic rings. The van der Waals surface area contributed by atoms with E-state index < -0.39 is 36.6 Å². The number of carboxylic acid groups (broad SMARTS) is 2. The molecule has 16 nitrogen and oxygen atoms in total. The van der Waals surface area contributed by atoms with E-state index in [0.717, 1.165) is 122 Å². The van der Waals surface area contributed by atoms with E-state index in [-0.39, 0.29) is 75.2 Å². The number of fused-ring (bicyclic) bond motifs is 4. The number of benzene rings is 4. The summed E-state index contributed by atoms with van der Waals surface area (Å²) in [6.07, 6.45) is 0.279. The fourth-order valence-corrected chi connectivity index (χ4v) is 11.6. The van der Waals surface area contributed by atoms with Crippen molar-refractivity contribution in [1.82, 2.24) is 18.5 Å². The van der Waals surface area contributed by atoms with Crippen molar-refractivity contribution in [3.8, 4) is 0 Å². The minimum Gasteiger partial charge on any atom is -0.550 e. The summed E-state index contributed by atoms with van der Waals surface area (Å²) in [6, 6.07) is 23.7. The summed E-state index contributed by atoms with van der Waals surface area (Å²) in [5.41, 5.74) is 4.28. The molecule has 10 rings (SSSR count). The summed E-state index contributed by atoms with van der Waals surface area (Å²) in [6.45, 7) is 9.00. The predicted molar refractivity (Wildman–Crippen MR) is 273 cm³/mol. The van der Waals surface area contributed by atoms with Gasteiger partial charge in [0, 0.05) is 111 Å². The monoisotopic (exact) mass is 1060 g/mol. The van der Waals surface area contributed by atoms with Gasteiger partial charge in [0.2, 0.25) is 23.6 Å². The second-order valence-electron chi connectivity index (χ2n) is 17.7. The van der Waals surface area contributed by atoms with E-state index in [2.05, 4.69) is 52.6 Å². The van der Waals surface area contributed by atoms with Crippen molar-refractivity contribution in [2.45, 2.75) is 51.4 Å². The molecular weight excluding hydrogens is 1020 g/mol. The molecule has 4 aromatic carbocycles. The minimum absolute atomic E-state index is 0. The Hall–Kier alpha value is -4.76. The third-order valence-corrected chi connectivity index (χ3v) is 15.5. The molecule has 4 amide bonds. The van der Waals surface area contributed by atoms with Gasteiger partial charge < -0.3 is 29.6 Å². The Morgan fingerprint density at radius 3 is 1.31 bits per heavy atom. The molecule has 2 aromatic heterocycles. The van der Waals surface area contributed by atoms with Crippen LogP contribution in [0.25, 0.3) is 20.2 Å². The molecule has 0 atom stereocenters. The second-order valence-corrected chi connectivity index (χ2v) is 20.1. The van der Waals surface area contributed by atoms with Crippen molar-refractivity contribution >= 4 is 163 Å². The van der Waals surface area contributed by atoms with E-state index in [0.29, 0.717) is 21.4 Å². The quantitative estimate of drug-likeness (QED) is 0.141. The third kappa shape index (κ3) is 12.0. The zero-order valence-electron chi connectivity index (χ0n) is 38.8. The number of aromatic nitrogens is 2. The standard InChI is InChI=1S/2C25H25ClN4O4S.Ca/c2*26-19-15-20-17(14-23(32)30(20)22(31)5-6-24(33)34)13-16(19)7-8-28-9-11-29(12-10-28)25-18-3-1-2-4-21(18)35-27-25;/h2*1-4,13,15H,5-12,14H2,(H,33,34);/q;;+2/p-2. The van der Waals surface area contributed by atoms with E-state index in [4.69, 9.17) is 23.2 Å². The van der Waals surface area contributed by atoms with E-state index in [1.807, 2.05) is 36.4 Å². The largest absolute Gasteiger partial charge is 2.00 e. The molecule has 0 unspecified atom stereocenters. The van der Waals surface area contributed by atoms with Gasteiger partial charge in [-0.3, -0.25) is 29.0 Å². The Morgan fingerprint density at radius 1 is 0.549 bits per heavy atom. The number of piperazine rings is 2. The van der Waals surface area contributed by atoms with Crippen molar-refractivity contribution in [3.63, 3.8) is 0 Å². The average molecular weight is 1060 g/mol. The molecule has 0 spiro atoms. The van der Waals surface area contributed by atoms with Crippen LogP contribution in [0.15, 0.2) is 72.8 Å². The van der Waals surface area contributed by atoms with Gasteiger partial charge in [0.1, 0.15) is 11.6 Å². The first-order valence-corrected chi connectivity index (χ1v) is 25.5. The molecule has 0 radical (unpaired) electrons.